The van der Waals surface area contributed by atoms with Crippen LogP contribution >= 0.6 is 0 Å². The van der Waals surface area contributed by atoms with Crippen LogP contribution in [0.25, 0.3) is 0 Å². The van der Waals surface area contributed by atoms with E-state index in [9.17, 15) is 4.39 Å². The fourth-order valence-electron chi connectivity index (χ4n) is 1.84. The average molecular weight is 262 g/mol. The van der Waals surface area contributed by atoms with Gasteiger partial charge in [0.1, 0.15) is 12.1 Å². The van der Waals surface area contributed by atoms with Gasteiger partial charge >= 0.3 is 0 Å². The average Bonchev–Trinajstić information content (AvgIpc) is 2.44. The standard InChI is InChI=1S/C13H15FN4O/c1-8-3-4-10(14)9(5-8)13(18-15)11-6-12(19-2)17-7-16-11/h3-7,13,18H,15H2,1-2H3. The minimum absolute atomic E-state index is 0.342. The van der Waals surface area contributed by atoms with E-state index in [-0.39, 0.29) is 5.82 Å². The molecule has 2 aromatic rings. The Labute approximate surface area is 110 Å². The molecule has 0 aliphatic rings. The molecule has 1 aromatic carbocycles. The summed E-state index contributed by atoms with van der Waals surface area (Å²) in [5, 5.41) is 0. The fourth-order valence-corrected chi connectivity index (χ4v) is 1.84. The van der Waals surface area contributed by atoms with Gasteiger partial charge in [-0.1, -0.05) is 17.7 Å². The molecule has 2 rings (SSSR count). The van der Waals surface area contributed by atoms with Gasteiger partial charge in [0.15, 0.2) is 0 Å². The van der Waals surface area contributed by atoms with E-state index >= 15 is 0 Å². The zero-order valence-electron chi connectivity index (χ0n) is 10.7. The number of rotatable bonds is 4. The Balaban J connectivity index is 2.46. The summed E-state index contributed by atoms with van der Waals surface area (Å²) in [5.74, 6) is 5.59. The van der Waals surface area contributed by atoms with Crippen molar-refractivity contribution in [3.63, 3.8) is 0 Å². The first-order valence-electron chi connectivity index (χ1n) is 5.74. The van der Waals surface area contributed by atoms with E-state index in [1.807, 2.05) is 6.92 Å². The molecule has 1 atom stereocenters. The van der Waals surface area contributed by atoms with Crippen molar-refractivity contribution >= 4 is 0 Å². The number of nitrogens with two attached hydrogens (primary N) is 1. The Morgan fingerprint density at radius 3 is 2.79 bits per heavy atom. The van der Waals surface area contributed by atoms with Crippen molar-refractivity contribution in [2.24, 2.45) is 5.84 Å². The summed E-state index contributed by atoms with van der Waals surface area (Å²) in [6.07, 6.45) is 1.35. The number of nitrogens with one attached hydrogen (secondary N) is 1. The van der Waals surface area contributed by atoms with E-state index in [4.69, 9.17) is 10.6 Å². The third-order valence-corrected chi connectivity index (χ3v) is 2.80. The molecule has 5 nitrogen and oxygen atoms in total. The zero-order valence-corrected chi connectivity index (χ0v) is 10.7. The summed E-state index contributed by atoms with van der Waals surface area (Å²) >= 11 is 0. The summed E-state index contributed by atoms with van der Waals surface area (Å²) < 4.78 is 18.9. The molecule has 6 heteroatoms. The molecule has 0 saturated carbocycles. The molecule has 3 N–H and O–H groups in total. The first kappa shape index (κ1) is 13.4. The Bertz CT molecular complexity index is 576. The normalized spacial score (nSPS) is 12.2. The van der Waals surface area contributed by atoms with E-state index < -0.39 is 6.04 Å². The van der Waals surface area contributed by atoms with Crippen LogP contribution in [0.5, 0.6) is 5.88 Å². The Kier molecular flexibility index (Phi) is 4.03. The minimum atomic E-state index is -0.559. The van der Waals surface area contributed by atoms with Gasteiger partial charge in [-0.2, -0.15) is 0 Å². The van der Waals surface area contributed by atoms with Crippen LogP contribution in [0, 0.1) is 12.7 Å². The van der Waals surface area contributed by atoms with Gasteiger partial charge < -0.3 is 4.74 Å². The summed E-state index contributed by atoms with van der Waals surface area (Å²) in [6, 6.07) is 5.90. The number of benzene rings is 1. The van der Waals surface area contributed by atoms with E-state index in [1.54, 1.807) is 18.2 Å². The second kappa shape index (κ2) is 5.73. The molecule has 0 amide bonds. The number of hydrogen-bond acceptors (Lipinski definition) is 5. The molecular weight excluding hydrogens is 247 g/mol. The molecule has 100 valence electrons. The van der Waals surface area contributed by atoms with Crippen LogP contribution in [0.1, 0.15) is 22.9 Å². The van der Waals surface area contributed by atoms with Crippen LogP contribution < -0.4 is 16.0 Å². The van der Waals surface area contributed by atoms with Gasteiger partial charge in [0.05, 0.1) is 18.8 Å². The summed E-state index contributed by atoms with van der Waals surface area (Å²) in [4.78, 5) is 8.02. The predicted molar refractivity (Wildman–Crippen MR) is 68.9 cm³/mol. The molecule has 0 saturated heterocycles. The number of hydrogen-bond donors (Lipinski definition) is 2. The Hall–Kier alpha value is -2.05. The lowest BCUT2D eigenvalue weighted by atomic mass is 10.0. The molecule has 0 aliphatic heterocycles. The van der Waals surface area contributed by atoms with Crippen LogP contribution in [0.15, 0.2) is 30.6 Å². The number of aryl methyl sites for hydroxylation is 1. The zero-order chi connectivity index (χ0) is 13.8. The highest BCUT2D eigenvalue weighted by molar-refractivity contribution is 5.33. The molecule has 0 spiro atoms. The van der Waals surface area contributed by atoms with Crippen molar-refractivity contribution in [2.75, 3.05) is 7.11 Å². The number of halogens is 1. The quantitative estimate of drug-likeness (QED) is 0.645. The maximum atomic E-state index is 13.9. The third-order valence-electron chi connectivity index (χ3n) is 2.80. The smallest absolute Gasteiger partial charge is 0.216 e. The topological polar surface area (TPSA) is 73.1 Å². The van der Waals surface area contributed by atoms with Crippen LogP contribution in [-0.4, -0.2) is 17.1 Å². The predicted octanol–water partition coefficient (Wildman–Crippen LogP) is 1.49. The van der Waals surface area contributed by atoms with Gasteiger partial charge in [-0.25, -0.2) is 19.8 Å². The van der Waals surface area contributed by atoms with Crippen molar-refractivity contribution in [3.05, 3.63) is 53.2 Å². The molecule has 0 bridgehead atoms. The van der Waals surface area contributed by atoms with Gasteiger partial charge in [0.2, 0.25) is 5.88 Å². The number of aromatic nitrogens is 2. The van der Waals surface area contributed by atoms with Gasteiger partial charge in [0.25, 0.3) is 0 Å². The van der Waals surface area contributed by atoms with E-state index in [0.717, 1.165) is 5.56 Å². The lowest BCUT2D eigenvalue weighted by molar-refractivity contribution is 0.394. The van der Waals surface area contributed by atoms with Crippen LogP contribution in [0.3, 0.4) is 0 Å². The van der Waals surface area contributed by atoms with Crippen molar-refractivity contribution in [1.29, 1.82) is 0 Å². The Morgan fingerprint density at radius 2 is 2.11 bits per heavy atom. The highest BCUT2D eigenvalue weighted by Crippen LogP contribution is 2.24. The highest BCUT2D eigenvalue weighted by Gasteiger charge is 2.18. The van der Waals surface area contributed by atoms with Gasteiger partial charge in [-0.05, 0) is 13.0 Å². The second-order valence-corrected chi connectivity index (χ2v) is 4.11. The van der Waals surface area contributed by atoms with Gasteiger partial charge in [-0.3, -0.25) is 5.84 Å². The SMILES string of the molecule is COc1cc(C(NN)c2cc(C)ccc2F)ncn1. The van der Waals surface area contributed by atoms with Crippen molar-refractivity contribution in [1.82, 2.24) is 15.4 Å². The molecule has 0 fully saturated rings. The lowest BCUT2D eigenvalue weighted by Gasteiger charge is -2.17. The maximum absolute atomic E-state index is 13.9. The Morgan fingerprint density at radius 1 is 1.32 bits per heavy atom. The highest BCUT2D eigenvalue weighted by atomic mass is 19.1. The first-order chi connectivity index (χ1) is 9.15. The van der Waals surface area contributed by atoms with Crippen molar-refractivity contribution in [2.45, 2.75) is 13.0 Å². The maximum Gasteiger partial charge on any atom is 0.216 e. The number of hydrazine groups is 1. The number of methoxy groups -OCH3 is 1. The monoisotopic (exact) mass is 262 g/mol. The molecule has 1 aromatic heterocycles. The van der Waals surface area contributed by atoms with Crippen molar-refractivity contribution < 1.29 is 9.13 Å². The molecule has 0 aliphatic carbocycles. The van der Waals surface area contributed by atoms with Crippen molar-refractivity contribution in [3.8, 4) is 5.88 Å². The second-order valence-electron chi connectivity index (χ2n) is 4.11. The number of nitrogens with zero attached hydrogens (tertiary/aromatic N) is 2. The lowest BCUT2D eigenvalue weighted by Crippen LogP contribution is -2.30. The summed E-state index contributed by atoms with van der Waals surface area (Å²) in [7, 11) is 1.50. The van der Waals surface area contributed by atoms with Crippen LogP contribution in [0.4, 0.5) is 4.39 Å². The summed E-state index contributed by atoms with van der Waals surface area (Å²) in [6.45, 7) is 1.89. The fraction of sp³-hybridized carbons (Fsp3) is 0.231. The molecule has 19 heavy (non-hydrogen) atoms. The van der Waals surface area contributed by atoms with Crippen LogP contribution in [0.2, 0.25) is 0 Å². The summed E-state index contributed by atoms with van der Waals surface area (Å²) in [5.41, 5.74) is 4.48. The van der Waals surface area contributed by atoms with E-state index in [0.29, 0.717) is 17.1 Å². The molecule has 1 unspecified atom stereocenters. The molecule has 0 radical (unpaired) electrons. The van der Waals surface area contributed by atoms with Crippen LogP contribution in [-0.2, 0) is 0 Å². The minimum Gasteiger partial charge on any atom is -0.481 e. The van der Waals surface area contributed by atoms with E-state index in [2.05, 4.69) is 15.4 Å². The van der Waals surface area contributed by atoms with Gasteiger partial charge in [-0.15, -0.1) is 0 Å². The molecular formula is C13H15FN4O. The molecule has 1 heterocycles. The largest absolute Gasteiger partial charge is 0.481 e. The first-order valence-corrected chi connectivity index (χ1v) is 5.74. The third kappa shape index (κ3) is 2.86. The van der Waals surface area contributed by atoms with E-state index in [1.165, 1.54) is 19.5 Å². The van der Waals surface area contributed by atoms with Gasteiger partial charge in [0, 0.05) is 11.6 Å². The number of ether oxygens (including phenoxy) is 1.